The van der Waals surface area contributed by atoms with Gasteiger partial charge in [0, 0.05) is 12.7 Å². The predicted molar refractivity (Wildman–Crippen MR) is 103 cm³/mol. The number of nitrogens with zero attached hydrogens (tertiary/aromatic N) is 3. The van der Waals surface area contributed by atoms with E-state index in [-0.39, 0.29) is 27.8 Å². The molecule has 2 aromatic heterocycles. The van der Waals surface area contributed by atoms with Gasteiger partial charge in [0.25, 0.3) is 5.56 Å². The molecule has 0 aliphatic heterocycles. The monoisotopic (exact) mass is 374 g/mol. The van der Waals surface area contributed by atoms with Gasteiger partial charge >= 0.3 is 0 Å². The lowest BCUT2D eigenvalue weighted by Crippen LogP contribution is -2.19. The lowest BCUT2D eigenvalue weighted by atomic mass is 10.1. The summed E-state index contributed by atoms with van der Waals surface area (Å²) in [5.41, 5.74) is 6.23. The summed E-state index contributed by atoms with van der Waals surface area (Å²) in [6.07, 6.45) is 4.78. The van der Waals surface area contributed by atoms with Crippen molar-refractivity contribution in [1.82, 2.24) is 14.5 Å². The molecule has 0 fully saturated rings. The van der Waals surface area contributed by atoms with Crippen molar-refractivity contribution in [2.75, 3.05) is 5.73 Å². The van der Waals surface area contributed by atoms with Gasteiger partial charge in [-0.05, 0) is 36.9 Å². The maximum atomic E-state index is 14.7. The quantitative estimate of drug-likeness (QED) is 0.674. The van der Waals surface area contributed by atoms with Crippen LogP contribution in [-0.4, -0.2) is 14.5 Å². The highest BCUT2D eigenvalue weighted by Crippen LogP contribution is 2.28. The van der Waals surface area contributed by atoms with Gasteiger partial charge in [0.15, 0.2) is 5.82 Å². The predicted octanol–water partition coefficient (Wildman–Crippen LogP) is 4.33. The molecule has 0 atom stereocenters. The summed E-state index contributed by atoms with van der Waals surface area (Å²) in [6, 6.07) is 4.62. The van der Waals surface area contributed by atoms with Gasteiger partial charge < -0.3 is 10.3 Å². The number of unbranched alkanes of at least 4 members (excludes halogenated alkanes) is 2. The molecule has 0 spiro atoms. The number of nitrogen functional groups attached to an aromatic ring is 1. The third-order valence-corrected chi connectivity index (χ3v) is 4.82. The van der Waals surface area contributed by atoms with Gasteiger partial charge in [-0.1, -0.05) is 31.4 Å². The van der Waals surface area contributed by atoms with Crippen LogP contribution in [0.25, 0.3) is 22.2 Å². The van der Waals surface area contributed by atoms with Crippen molar-refractivity contribution < 1.29 is 4.39 Å². The molecule has 0 saturated heterocycles. The molecule has 0 bridgehead atoms. The van der Waals surface area contributed by atoms with Crippen molar-refractivity contribution in [3.63, 3.8) is 0 Å². The first-order valence-corrected chi connectivity index (χ1v) is 8.93. The van der Waals surface area contributed by atoms with Gasteiger partial charge in [-0.15, -0.1) is 0 Å². The number of fused-ring (bicyclic) bond motifs is 1. The molecule has 5 nitrogen and oxygen atoms in total. The second-order valence-corrected chi connectivity index (χ2v) is 6.65. The zero-order chi connectivity index (χ0) is 18.8. The fourth-order valence-corrected chi connectivity index (χ4v) is 2.97. The number of rotatable bonds is 5. The Bertz CT molecular complexity index is 1010. The summed E-state index contributed by atoms with van der Waals surface area (Å²) in [5, 5.41) is 1.22. The van der Waals surface area contributed by atoms with Crippen LogP contribution >= 0.6 is 11.6 Å². The molecule has 0 saturated carbocycles. The lowest BCUT2D eigenvalue weighted by Gasteiger charge is -2.10. The summed E-state index contributed by atoms with van der Waals surface area (Å²) in [5.74, 6) is -0.321. The van der Waals surface area contributed by atoms with Crippen LogP contribution in [0.4, 0.5) is 10.2 Å². The molecule has 0 radical (unpaired) electrons. The fourth-order valence-electron chi connectivity index (χ4n) is 2.89. The molecule has 0 aliphatic rings. The van der Waals surface area contributed by atoms with E-state index in [1.807, 2.05) is 0 Å². The SMILES string of the molecule is CCCCCn1ccc2cc(-c3nc(C)c(Cl)c(N)n3)c(F)cc2c1=O. The number of aryl methyl sites for hydroxylation is 2. The van der Waals surface area contributed by atoms with E-state index in [9.17, 15) is 9.18 Å². The van der Waals surface area contributed by atoms with E-state index in [4.69, 9.17) is 17.3 Å². The van der Waals surface area contributed by atoms with Crippen LogP contribution in [0.2, 0.25) is 5.02 Å². The molecule has 7 heteroatoms. The van der Waals surface area contributed by atoms with Gasteiger partial charge in [-0.3, -0.25) is 4.79 Å². The molecule has 0 aliphatic carbocycles. The van der Waals surface area contributed by atoms with E-state index in [1.165, 1.54) is 6.07 Å². The maximum Gasteiger partial charge on any atom is 0.258 e. The Morgan fingerprint density at radius 3 is 2.73 bits per heavy atom. The molecule has 3 aromatic rings. The van der Waals surface area contributed by atoms with E-state index in [1.54, 1.807) is 29.8 Å². The molecule has 3 rings (SSSR count). The Labute approximate surface area is 155 Å². The zero-order valence-electron chi connectivity index (χ0n) is 14.7. The Kier molecular flexibility index (Phi) is 5.23. The van der Waals surface area contributed by atoms with E-state index >= 15 is 0 Å². The standard InChI is InChI=1S/C19H20ClFN4O/c1-3-4-5-7-25-8-6-12-9-14(15(21)10-13(12)19(25)26)18-23-11(2)16(20)17(22)24-18/h6,8-10H,3-5,7H2,1-2H3,(H2,22,23,24). The van der Waals surface area contributed by atoms with Crippen LogP contribution in [0.1, 0.15) is 31.9 Å². The zero-order valence-corrected chi connectivity index (χ0v) is 15.5. The van der Waals surface area contributed by atoms with Gasteiger partial charge in [-0.2, -0.15) is 0 Å². The highest BCUT2D eigenvalue weighted by molar-refractivity contribution is 6.33. The number of anilines is 1. The van der Waals surface area contributed by atoms with Crippen LogP contribution < -0.4 is 11.3 Å². The van der Waals surface area contributed by atoms with Crippen LogP contribution in [0.5, 0.6) is 0 Å². The third-order valence-electron chi connectivity index (χ3n) is 4.35. The second kappa shape index (κ2) is 7.41. The van der Waals surface area contributed by atoms with E-state index < -0.39 is 5.82 Å². The molecule has 2 N–H and O–H groups in total. The fraction of sp³-hybridized carbons (Fsp3) is 0.316. The van der Waals surface area contributed by atoms with Crippen molar-refractivity contribution >= 4 is 28.2 Å². The first kappa shape index (κ1) is 18.3. The van der Waals surface area contributed by atoms with Gasteiger partial charge in [-0.25, -0.2) is 14.4 Å². The van der Waals surface area contributed by atoms with E-state index in [0.29, 0.717) is 23.0 Å². The van der Waals surface area contributed by atoms with Gasteiger partial charge in [0.05, 0.1) is 16.6 Å². The van der Waals surface area contributed by atoms with Crippen molar-refractivity contribution in [2.45, 2.75) is 39.7 Å². The number of benzene rings is 1. The van der Waals surface area contributed by atoms with Crippen LogP contribution in [0.15, 0.2) is 29.2 Å². The summed E-state index contributed by atoms with van der Waals surface area (Å²) in [4.78, 5) is 20.9. The Hall–Kier alpha value is -2.47. The minimum absolute atomic E-state index is 0.0972. The van der Waals surface area contributed by atoms with Crippen LogP contribution in [0.3, 0.4) is 0 Å². The number of hydrogen-bond donors (Lipinski definition) is 1. The first-order valence-electron chi connectivity index (χ1n) is 8.55. The number of halogens is 2. The normalized spacial score (nSPS) is 11.2. The number of pyridine rings is 1. The van der Waals surface area contributed by atoms with Crippen molar-refractivity contribution in [1.29, 1.82) is 0 Å². The number of nitrogens with two attached hydrogens (primary N) is 1. The molecule has 1 aromatic carbocycles. The lowest BCUT2D eigenvalue weighted by molar-refractivity contribution is 0.590. The Morgan fingerprint density at radius 1 is 1.27 bits per heavy atom. The maximum absolute atomic E-state index is 14.7. The number of hydrogen-bond acceptors (Lipinski definition) is 4. The van der Waals surface area contributed by atoms with Crippen LogP contribution in [0, 0.1) is 12.7 Å². The summed E-state index contributed by atoms with van der Waals surface area (Å²) < 4.78 is 16.3. The smallest absolute Gasteiger partial charge is 0.258 e. The summed E-state index contributed by atoms with van der Waals surface area (Å²) in [6.45, 7) is 4.41. The average Bonchev–Trinajstić information content (AvgIpc) is 2.61. The molecule has 136 valence electrons. The highest BCUT2D eigenvalue weighted by atomic mass is 35.5. The molecule has 0 unspecified atom stereocenters. The second-order valence-electron chi connectivity index (χ2n) is 6.27. The van der Waals surface area contributed by atoms with Gasteiger partial charge in [0.1, 0.15) is 16.7 Å². The van der Waals surface area contributed by atoms with Crippen molar-refractivity contribution in [2.24, 2.45) is 0 Å². The number of aromatic nitrogens is 3. The molecule has 2 heterocycles. The summed E-state index contributed by atoms with van der Waals surface area (Å²) in [7, 11) is 0. The molecule has 0 amide bonds. The van der Waals surface area contributed by atoms with Gasteiger partial charge in [0.2, 0.25) is 0 Å². The Morgan fingerprint density at radius 2 is 2.04 bits per heavy atom. The molecule has 26 heavy (non-hydrogen) atoms. The van der Waals surface area contributed by atoms with Crippen LogP contribution in [-0.2, 0) is 6.54 Å². The topological polar surface area (TPSA) is 73.8 Å². The van der Waals surface area contributed by atoms with Crippen molar-refractivity contribution in [3.05, 3.63) is 51.3 Å². The highest BCUT2D eigenvalue weighted by Gasteiger charge is 2.15. The minimum atomic E-state index is -0.568. The Balaban J connectivity index is 2.09. The average molecular weight is 375 g/mol. The van der Waals surface area contributed by atoms with E-state index in [0.717, 1.165) is 19.3 Å². The largest absolute Gasteiger partial charge is 0.382 e. The molecular formula is C19H20ClFN4O. The minimum Gasteiger partial charge on any atom is -0.382 e. The first-order chi connectivity index (χ1) is 12.4. The van der Waals surface area contributed by atoms with Crippen molar-refractivity contribution in [3.8, 4) is 11.4 Å². The third kappa shape index (κ3) is 3.42. The van der Waals surface area contributed by atoms with E-state index in [2.05, 4.69) is 16.9 Å². The molecular weight excluding hydrogens is 355 g/mol. The summed E-state index contributed by atoms with van der Waals surface area (Å²) >= 11 is 5.97.